The molecule has 4 atom stereocenters. The van der Waals surface area contributed by atoms with Crippen LogP contribution >= 0.6 is 0 Å². The van der Waals surface area contributed by atoms with Crippen LogP contribution in [-0.4, -0.2) is 28.2 Å². The van der Waals surface area contributed by atoms with Crippen LogP contribution in [0.25, 0.3) is 0 Å². The lowest BCUT2D eigenvalue weighted by Crippen LogP contribution is -2.24. The third-order valence-corrected chi connectivity index (χ3v) is 3.05. The van der Waals surface area contributed by atoms with E-state index in [1.165, 1.54) is 0 Å². The van der Waals surface area contributed by atoms with Crippen molar-refractivity contribution in [1.29, 1.82) is 0 Å². The van der Waals surface area contributed by atoms with Crippen LogP contribution in [0.4, 0.5) is 0 Å². The van der Waals surface area contributed by atoms with E-state index >= 15 is 0 Å². The van der Waals surface area contributed by atoms with Gasteiger partial charge in [-0.3, -0.25) is 4.79 Å². The molecule has 76 valence electrons. The van der Waals surface area contributed by atoms with Crippen LogP contribution in [0.5, 0.6) is 0 Å². The Kier molecular flexibility index (Phi) is 3.45. The Morgan fingerprint density at radius 3 is 2.31 bits per heavy atom. The minimum absolute atomic E-state index is 0.0394. The van der Waals surface area contributed by atoms with Crippen molar-refractivity contribution in [2.75, 3.05) is 0 Å². The number of aliphatic hydroxyl groups excluding tert-OH is 2. The number of unbranched alkanes of at least 4 members (excludes halogenated alkanes) is 1. The molecule has 1 saturated carbocycles. The predicted octanol–water partition coefficient (Wildman–Crippen LogP) is 0.733. The molecule has 0 aliphatic heterocycles. The van der Waals surface area contributed by atoms with Crippen LogP contribution in [0.2, 0.25) is 0 Å². The average molecular weight is 186 g/mol. The van der Waals surface area contributed by atoms with Gasteiger partial charge in [-0.1, -0.05) is 26.7 Å². The van der Waals surface area contributed by atoms with Crippen LogP contribution in [0.1, 0.15) is 33.1 Å². The lowest BCUT2D eigenvalue weighted by molar-refractivity contribution is -0.131. The Hall–Kier alpha value is -0.410. The second-order valence-corrected chi connectivity index (χ2v) is 3.96. The zero-order valence-electron chi connectivity index (χ0n) is 8.23. The van der Waals surface area contributed by atoms with Crippen molar-refractivity contribution < 1.29 is 15.0 Å². The van der Waals surface area contributed by atoms with E-state index < -0.39 is 18.0 Å². The second-order valence-electron chi connectivity index (χ2n) is 3.96. The predicted molar refractivity (Wildman–Crippen MR) is 49.2 cm³/mol. The van der Waals surface area contributed by atoms with Crippen molar-refractivity contribution in [3.05, 3.63) is 0 Å². The summed E-state index contributed by atoms with van der Waals surface area (Å²) in [6.45, 7) is 3.91. The molecule has 0 heterocycles. The Labute approximate surface area is 78.8 Å². The van der Waals surface area contributed by atoms with Crippen molar-refractivity contribution in [2.45, 2.75) is 45.3 Å². The van der Waals surface area contributed by atoms with Crippen LogP contribution in [0.3, 0.4) is 0 Å². The van der Waals surface area contributed by atoms with E-state index in [-0.39, 0.29) is 11.8 Å². The highest BCUT2D eigenvalue weighted by atomic mass is 16.3. The molecule has 0 spiro atoms. The van der Waals surface area contributed by atoms with E-state index in [1.54, 1.807) is 0 Å². The van der Waals surface area contributed by atoms with Gasteiger partial charge in [0.15, 0.2) is 5.78 Å². The Balaban J connectivity index is 2.58. The first-order valence-corrected chi connectivity index (χ1v) is 4.99. The fraction of sp³-hybridized carbons (Fsp3) is 0.900. The summed E-state index contributed by atoms with van der Waals surface area (Å²) in [4.78, 5) is 11.2. The molecule has 0 saturated heterocycles. The molecule has 1 rings (SSSR count). The molecule has 13 heavy (non-hydrogen) atoms. The van der Waals surface area contributed by atoms with Crippen molar-refractivity contribution >= 4 is 5.78 Å². The summed E-state index contributed by atoms with van der Waals surface area (Å²) in [5, 5.41) is 18.9. The summed E-state index contributed by atoms with van der Waals surface area (Å²) in [5.41, 5.74) is 0. The van der Waals surface area contributed by atoms with Gasteiger partial charge >= 0.3 is 0 Å². The number of carbonyl (C=O) groups is 1. The smallest absolute Gasteiger partial charge is 0.190 e. The SMILES string of the molecule is CCCCC1C(O)C(=O)C(O)C1C. The highest BCUT2D eigenvalue weighted by molar-refractivity contribution is 5.89. The standard InChI is InChI=1S/C10H18O3/c1-3-4-5-7-6(2)8(11)10(13)9(7)12/h6-9,11-12H,3-5H2,1-2H3. The van der Waals surface area contributed by atoms with Gasteiger partial charge in [-0.2, -0.15) is 0 Å². The van der Waals surface area contributed by atoms with Crippen molar-refractivity contribution in [2.24, 2.45) is 11.8 Å². The number of hydrogen-bond donors (Lipinski definition) is 2. The normalized spacial score (nSPS) is 39.8. The van der Waals surface area contributed by atoms with E-state index in [9.17, 15) is 15.0 Å². The highest BCUT2D eigenvalue weighted by Gasteiger charge is 2.45. The number of Topliss-reactive ketones (excluding diaryl/α,β-unsaturated/α-hetero) is 1. The number of hydrogen-bond acceptors (Lipinski definition) is 3. The molecule has 3 nitrogen and oxygen atoms in total. The van der Waals surface area contributed by atoms with Gasteiger partial charge in [-0.15, -0.1) is 0 Å². The van der Waals surface area contributed by atoms with Gasteiger partial charge < -0.3 is 10.2 Å². The molecule has 0 bridgehead atoms. The molecular weight excluding hydrogens is 168 g/mol. The lowest BCUT2D eigenvalue weighted by atomic mass is 9.90. The minimum atomic E-state index is -0.947. The molecule has 1 fully saturated rings. The van der Waals surface area contributed by atoms with Gasteiger partial charge in [0.1, 0.15) is 12.2 Å². The van der Waals surface area contributed by atoms with Crippen LogP contribution in [-0.2, 0) is 4.79 Å². The van der Waals surface area contributed by atoms with Gasteiger partial charge in [-0.05, 0) is 18.3 Å². The topological polar surface area (TPSA) is 57.5 Å². The summed E-state index contributed by atoms with van der Waals surface area (Å²) in [5.74, 6) is -0.523. The zero-order chi connectivity index (χ0) is 10.0. The van der Waals surface area contributed by atoms with Crippen molar-refractivity contribution in [3.63, 3.8) is 0 Å². The summed E-state index contributed by atoms with van der Waals surface area (Å²) >= 11 is 0. The third-order valence-electron chi connectivity index (χ3n) is 3.05. The fourth-order valence-electron chi connectivity index (χ4n) is 2.03. The summed E-state index contributed by atoms with van der Waals surface area (Å²) in [6.07, 6.45) is 1.02. The zero-order valence-corrected chi connectivity index (χ0v) is 8.23. The van der Waals surface area contributed by atoms with E-state index in [4.69, 9.17) is 0 Å². The number of carbonyl (C=O) groups excluding carboxylic acids is 1. The molecule has 0 aromatic rings. The largest absolute Gasteiger partial charge is 0.385 e. The first-order chi connectivity index (χ1) is 6.09. The first kappa shape index (κ1) is 10.7. The number of aliphatic hydroxyl groups is 2. The van der Waals surface area contributed by atoms with Crippen LogP contribution in [0.15, 0.2) is 0 Å². The summed E-state index contributed by atoms with van der Waals surface area (Å²) < 4.78 is 0. The van der Waals surface area contributed by atoms with Gasteiger partial charge in [0.25, 0.3) is 0 Å². The van der Waals surface area contributed by atoms with E-state index in [1.807, 2.05) is 6.92 Å². The van der Waals surface area contributed by atoms with Gasteiger partial charge in [0, 0.05) is 0 Å². The highest BCUT2D eigenvalue weighted by Crippen LogP contribution is 2.33. The third kappa shape index (κ3) is 1.92. The Bertz CT molecular complexity index is 191. The Morgan fingerprint density at radius 2 is 1.92 bits per heavy atom. The number of ketones is 1. The molecule has 3 heteroatoms. The quantitative estimate of drug-likeness (QED) is 0.683. The average Bonchev–Trinajstić information content (AvgIpc) is 2.30. The van der Waals surface area contributed by atoms with E-state index in [2.05, 4.69) is 6.92 Å². The monoisotopic (exact) mass is 186 g/mol. The molecule has 0 radical (unpaired) electrons. The molecule has 1 aliphatic rings. The maximum atomic E-state index is 11.2. The molecule has 0 aromatic carbocycles. The lowest BCUT2D eigenvalue weighted by Gasteiger charge is -2.17. The fourth-order valence-corrected chi connectivity index (χ4v) is 2.03. The molecule has 2 N–H and O–H groups in total. The van der Waals surface area contributed by atoms with E-state index in [0.29, 0.717) is 0 Å². The van der Waals surface area contributed by atoms with Crippen molar-refractivity contribution in [1.82, 2.24) is 0 Å². The van der Waals surface area contributed by atoms with Crippen LogP contribution in [0, 0.1) is 11.8 Å². The summed E-state index contributed by atoms with van der Waals surface area (Å²) in [7, 11) is 0. The Morgan fingerprint density at radius 1 is 1.31 bits per heavy atom. The van der Waals surface area contributed by atoms with Gasteiger partial charge in [-0.25, -0.2) is 0 Å². The minimum Gasteiger partial charge on any atom is -0.385 e. The summed E-state index contributed by atoms with van der Waals surface area (Å²) in [6, 6.07) is 0. The first-order valence-electron chi connectivity index (χ1n) is 4.99. The van der Waals surface area contributed by atoms with Gasteiger partial charge in [0.05, 0.1) is 0 Å². The maximum absolute atomic E-state index is 11.2. The molecular formula is C10H18O3. The van der Waals surface area contributed by atoms with Crippen molar-refractivity contribution in [3.8, 4) is 0 Å². The molecule has 1 aliphatic carbocycles. The second kappa shape index (κ2) is 4.20. The number of rotatable bonds is 3. The maximum Gasteiger partial charge on any atom is 0.190 e. The molecule has 0 amide bonds. The van der Waals surface area contributed by atoms with Crippen LogP contribution < -0.4 is 0 Å². The van der Waals surface area contributed by atoms with Gasteiger partial charge in [0.2, 0.25) is 0 Å². The molecule has 4 unspecified atom stereocenters. The van der Waals surface area contributed by atoms with E-state index in [0.717, 1.165) is 19.3 Å². The molecule has 0 aromatic heterocycles.